The van der Waals surface area contributed by atoms with Gasteiger partial charge in [0.2, 0.25) is 10.0 Å². The standard InChI is InChI=1S/C27H30ClN3O5S/c1-18-13-19(2)27(20(3)14-18)37(33,34)31(16-21-9-11-23(28)12-10-21)17-25(32)30-29-15-22-7-6-8-24(35-4)26(22)36-5/h6-15H,16-17H2,1-5H3,(H,30,32)/b29-15+. The number of hydrogen-bond acceptors (Lipinski definition) is 6. The summed E-state index contributed by atoms with van der Waals surface area (Å²) in [4.78, 5) is 13.0. The van der Waals surface area contributed by atoms with Gasteiger partial charge in [-0.2, -0.15) is 9.41 Å². The van der Waals surface area contributed by atoms with Crippen LogP contribution in [0.3, 0.4) is 0 Å². The van der Waals surface area contributed by atoms with E-state index < -0.39 is 22.5 Å². The fourth-order valence-electron chi connectivity index (χ4n) is 4.11. The van der Waals surface area contributed by atoms with E-state index in [0.29, 0.717) is 38.8 Å². The minimum Gasteiger partial charge on any atom is -0.493 e. The number of amides is 1. The molecule has 3 aromatic carbocycles. The average molecular weight is 544 g/mol. The van der Waals surface area contributed by atoms with Crippen molar-refractivity contribution in [3.05, 3.63) is 87.4 Å². The molecule has 0 aromatic heterocycles. The molecule has 0 fully saturated rings. The maximum absolute atomic E-state index is 13.8. The number of carbonyl (C=O) groups is 1. The first kappa shape index (κ1) is 28.2. The minimum atomic E-state index is -4.03. The predicted octanol–water partition coefficient (Wildman–Crippen LogP) is 4.62. The summed E-state index contributed by atoms with van der Waals surface area (Å²) in [5, 5.41) is 4.53. The van der Waals surface area contributed by atoms with Crippen molar-refractivity contribution in [1.29, 1.82) is 0 Å². The number of benzene rings is 3. The fourth-order valence-corrected chi connectivity index (χ4v) is 6.03. The lowest BCUT2D eigenvalue weighted by molar-refractivity contribution is -0.121. The van der Waals surface area contributed by atoms with Crippen molar-refractivity contribution >= 4 is 33.7 Å². The smallest absolute Gasteiger partial charge is 0.255 e. The predicted molar refractivity (Wildman–Crippen MR) is 145 cm³/mol. The lowest BCUT2D eigenvalue weighted by Gasteiger charge is -2.24. The zero-order valence-corrected chi connectivity index (χ0v) is 23.0. The average Bonchev–Trinajstić information content (AvgIpc) is 2.83. The number of methoxy groups -OCH3 is 2. The maximum atomic E-state index is 13.8. The summed E-state index contributed by atoms with van der Waals surface area (Å²) in [6.45, 7) is 4.94. The van der Waals surface area contributed by atoms with E-state index in [1.165, 1.54) is 20.4 Å². The fraction of sp³-hybridized carbons (Fsp3) is 0.259. The van der Waals surface area contributed by atoms with Crippen LogP contribution in [-0.2, 0) is 21.4 Å². The van der Waals surface area contributed by atoms with Crippen LogP contribution in [0.15, 0.2) is 64.6 Å². The van der Waals surface area contributed by atoms with Crippen LogP contribution in [0.1, 0.15) is 27.8 Å². The van der Waals surface area contributed by atoms with E-state index in [4.69, 9.17) is 21.1 Å². The second-order valence-corrected chi connectivity index (χ2v) is 10.8. The number of hydrogen-bond donors (Lipinski definition) is 1. The molecule has 0 aliphatic carbocycles. The Morgan fingerprint density at radius 3 is 2.27 bits per heavy atom. The summed E-state index contributed by atoms with van der Waals surface area (Å²) in [5.41, 5.74) is 5.87. The molecule has 0 unspecified atom stereocenters. The quantitative estimate of drug-likeness (QED) is 0.297. The van der Waals surface area contributed by atoms with Crippen molar-refractivity contribution in [3.63, 3.8) is 0 Å². The van der Waals surface area contributed by atoms with E-state index in [0.717, 1.165) is 9.87 Å². The van der Waals surface area contributed by atoms with Gasteiger partial charge < -0.3 is 9.47 Å². The van der Waals surface area contributed by atoms with Crippen molar-refractivity contribution in [1.82, 2.24) is 9.73 Å². The van der Waals surface area contributed by atoms with E-state index >= 15 is 0 Å². The summed E-state index contributed by atoms with van der Waals surface area (Å²) in [5.74, 6) is 0.375. The van der Waals surface area contributed by atoms with Crippen molar-refractivity contribution in [2.75, 3.05) is 20.8 Å². The van der Waals surface area contributed by atoms with Crippen LogP contribution in [0.5, 0.6) is 11.5 Å². The van der Waals surface area contributed by atoms with Gasteiger partial charge in [0.05, 0.1) is 31.9 Å². The van der Waals surface area contributed by atoms with Crippen LogP contribution in [0, 0.1) is 20.8 Å². The van der Waals surface area contributed by atoms with Crippen molar-refractivity contribution in [2.45, 2.75) is 32.2 Å². The van der Waals surface area contributed by atoms with Crippen LogP contribution >= 0.6 is 11.6 Å². The van der Waals surface area contributed by atoms with Crippen molar-refractivity contribution in [3.8, 4) is 11.5 Å². The zero-order chi connectivity index (χ0) is 27.2. The summed E-state index contributed by atoms with van der Waals surface area (Å²) in [7, 11) is -1.00. The van der Waals surface area contributed by atoms with Gasteiger partial charge in [0.25, 0.3) is 5.91 Å². The number of carbonyl (C=O) groups excluding carboxylic acids is 1. The van der Waals surface area contributed by atoms with E-state index in [9.17, 15) is 13.2 Å². The van der Waals surface area contributed by atoms with Crippen LogP contribution < -0.4 is 14.9 Å². The van der Waals surface area contributed by atoms with E-state index in [1.807, 2.05) is 19.1 Å². The molecule has 8 nitrogen and oxygen atoms in total. The highest BCUT2D eigenvalue weighted by atomic mass is 35.5. The highest BCUT2D eigenvalue weighted by Crippen LogP contribution is 2.29. The molecule has 10 heteroatoms. The number of aryl methyl sites for hydroxylation is 3. The summed E-state index contributed by atoms with van der Waals surface area (Å²) < 4.78 is 39.4. The summed E-state index contributed by atoms with van der Waals surface area (Å²) >= 11 is 5.99. The van der Waals surface area contributed by atoms with Crippen LogP contribution in [0.2, 0.25) is 5.02 Å². The highest BCUT2D eigenvalue weighted by molar-refractivity contribution is 7.89. The van der Waals surface area contributed by atoms with E-state index in [-0.39, 0.29) is 11.4 Å². The molecule has 0 spiro atoms. The Kier molecular flexibility index (Phi) is 9.31. The number of nitrogens with one attached hydrogen (secondary N) is 1. The summed E-state index contributed by atoms with van der Waals surface area (Å²) in [6, 6.07) is 15.7. The zero-order valence-electron chi connectivity index (χ0n) is 21.4. The SMILES string of the molecule is COc1cccc(/C=N/NC(=O)CN(Cc2ccc(Cl)cc2)S(=O)(=O)c2c(C)cc(C)cc2C)c1OC. The molecule has 0 radical (unpaired) electrons. The molecule has 0 aliphatic heterocycles. The monoisotopic (exact) mass is 543 g/mol. The van der Waals surface area contributed by atoms with E-state index in [2.05, 4.69) is 10.5 Å². The molecular weight excluding hydrogens is 514 g/mol. The first-order chi connectivity index (χ1) is 17.6. The third kappa shape index (κ3) is 6.88. The molecule has 0 bridgehead atoms. The normalized spacial score (nSPS) is 11.6. The van der Waals surface area contributed by atoms with Gasteiger partial charge in [-0.15, -0.1) is 0 Å². The lowest BCUT2D eigenvalue weighted by atomic mass is 10.1. The first-order valence-corrected chi connectivity index (χ1v) is 13.2. The topological polar surface area (TPSA) is 97.3 Å². The number of rotatable bonds is 10. The van der Waals surface area contributed by atoms with Gasteiger partial charge in [0.15, 0.2) is 11.5 Å². The van der Waals surface area contributed by atoms with E-state index in [1.54, 1.807) is 56.3 Å². The molecule has 196 valence electrons. The largest absolute Gasteiger partial charge is 0.493 e. The van der Waals surface area contributed by atoms with Crippen LogP contribution in [-0.4, -0.2) is 45.6 Å². The Labute approximate surface area is 222 Å². The Morgan fingerprint density at radius 1 is 1.03 bits per heavy atom. The Morgan fingerprint density at radius 2 is 1.68 bits per heavy atom. The molecular formula is C27H30ClN3O5S. The third-order valence-electron chi connectivity index (χ3n) is 5.62. The molecule has 0 atom stereocenters. The first-order valence-electron chi connectivity index (χ1n) is 11.4. The molecule has 3 aromatic rings. The molecule has 1 N–H and O–H groups in total. The number of nitrogens with zero attached hydrogens (tertiary/aromatic N) is 2. The number of halogens is 1. The van der Waals surface area contributed by atoms with Gasteiger partial charge in [0, 0.05) is 17.1 Å². The Bertz CT molecular complexity index is 1380. The molecule has 0 saturated heterocycles. The van der Waals surface area contributed by atoms with Gasteiger partial charge in [-0.05, 0) is 61.7 Å². The number of sulfonamides is 1. The second-order valence-electron chi connectivity index (χ2n) is 8.50. The van der Waals surface area contributed by atoms with Crippen LogP contribution in [0.4, 0.5) is 0 Å². The van der Waals surface area contributed by atoms with Gasteiger partial charge >= 0.3 is 0 Å². The molecule has 37 heavy (non-hydrogen) atoms. The molecule has 1 amide bonds. The number of hydrazone groups is 1. The lowest BCUT2D eigenvalue weighted by Crippen LogP contribution is -2.39. The Balaban J connectivity index is 1.88. The number of para-hydroxylation sites is 1. The van der Waals surface area contributed by atoms with Gasteiger partial charge in [-0.3, -0.25) is 4.79 Å². The highest BCUT2D eigenvalue weighted by Gasteiger charge is 2.30. The minimum absolute atomic E-state index is 0.0207. The maximum Gasteiger partial charge on any atom is 0.255 e. The molecule has 3 rings (SSSR count). The second kappa shape index (κ2) is 12.2. The summed E-state index contributed by atoms with van der Waals surface area (Å²) in [6.07, 6.45) is 1.41. The molecule has 0 aliphatic rings. The molecule has 0 heterocycles. The van der Waals surface area contributed by atoms with Gasteiger partial charge in [-0.1, -0.05) is 47.5 Å². The van der Waals surface area contributed by atoms with Crippen LogP contribution in [0.25, 0.3) is 0 Å². The van der Waals surface area contributed by atoms with Crippen molar-refractivity contribution in [2.24, 2.45) is 5.10 Å². The molecule has 0 saturated carbocycles. The van der Waals surface area contributed by atoms with Crippen molar-refractivity contribution < 1.29 is 22.7 Å². The van der Waals surface area contributed by atoms with Gasteiger partial charge in [0.1, 0.15) is 0 Å². The van der Waals surface area contributed by atoms with Gasteiger partial charge in [-0.25, -0.2) is 13.8 Å². The third-order valence-corrected chi connectivity index (χ3v) is 7.97. The Hall–Kier alpha value is -3.40. The number of ether oxygens (including phenoxy) is 2.